The standard InChI is InChI=1S/C22H19N5O2S2/c28-31(29,18-12-5-2-6-13-18)24-20-15-16-9-7-8-14-19(16)21(20)30-22-23-25-26-27(22)17-10-3-1-4-11-17/h1-14,20-21,24H,15H2/t20-,21-/m0/s1. The predicted molar refractivity (Wildman–Crippen MR) is 118 cm³/mol. The first-order valence-corrected chi connectivity index (χ1v) is 12.1. The second-order valence-electron chi connectivity index (χ2n) is 7.19. The number of rotatable bonds is 6. The number of aromatic nitrogens is 4. The Morgan fingerprint density at radius 2 is 1.58 bits per heavy atom. The number of hydrogen-bond donors (Lipinski definition) is 1. The van der Waals surface area contributed by atoms with E-state index in [0.717, 1.165) is 16.8 Å². The quantitative estimate of drug-likeness (QED) is 0.485. The molecule has 156 valence electrons. The molecule has 0 fully saturated rings. The third-order valence-electron chi connectivity index (χ3n) is 5.20. The summed E-state index contributed by atoms with van der Waals surface area (Å²) in [5.41, 5.74) is 3.07. The highest BCUT2D eigenvalue weighted by atomic mass is 32.2. The van der Waals surface area contributed by atoms with Gasteiger partial charge in [0.25, 0.3) is 0 Å². The Labute approximate surface area is 184 Å². The van der Waals surface area contributed by atoms with E-state index >= 15 is 0 Å². The Morgan fingerprint density at radius 1 is 0.903 bits per heavy atom. The van der Waals surface area contributed by atoms with Gasteiger partial charge in [-0.05, 0) is 52.2 Å². The minimum absolute atomic E-state index is 0.164. The van der Waals surface area contributed by atoms with E-state index < -0.39 is 10.0 Å². The summed E-state index contributed by atoms with van der Waals surface area (Å²) >= 11 is 1.47. The van der Waals surface area contributed by atoms with Gasteiger partial charge >= 0.3 is 0 Å². The summed E-state index contributed by atoms with van der Waals surface area (Å²) in [6, 6.07) is 25.8. The maximum atomic E-state index is 13.0. The van der Waals surface area contributed by atoms with E-state index in [1.54, 1.807) is 35.0 Å². The molecular formula is C22H19N5O2S2. The van der Waals surface area contributed by atoms with E-state index in [2.05, 4.69) is 20.2 Å². The summed E-state index contributed by atoms with van der Waals surface area (Å²) in [6.07, 6.45) is 0.604. The first kappa shape index (κ1) is 19.9. The maximum Gasteiger partial charge on any atom is 0.240 e. The minimum atomic E-state index is -3.66. The highest BCUT2D eigenvalue weighted by Gasteiger charge is 2.37. The van der Waals surface area contributed by atoms with E-state index in [1.165, 1.54) is 11.8 Å². The summed E-state index contributed by atoms with van der Waals surface area (Å²) in [6.45, 7) is 0. The van der Waals surface area contributed by atoms with Crippen LogP contribution in [-0.4, -0.2) is 34.7 Å². The van der Waals surface area contributed by atoms with Gasteiger partial charge < -0.3 is 0 Å². The predicted octanol–water partition coefficient (Wildman–Crippen LogP) is 3.40. The molecule has 1 aliphatic carbocycles. The Bertz CT molecular complexity index is 1290. The maximum absolute atomic E-state index is 13.0. The zero-order chi connectivity index (χ0) is 21.3. The highest BCUT2D eigenvalue weighted by molar-refractivity contribution is 7.99. The van der Waals surface area contributed by atoms with E-state index in [4.69, 9.17) is 0 Å². The van der Waals surface area contributed by atoms with Crippen molar-refractivity contribution in [2.24, 2.45) is 0 Å². The van der Waals surface area contributed by atoms with Gasteiger partial charge in [0.05, 0.1) is 15.8 Å². The molecule has 9 heteroatoms. The van der Waals surface area contributed by atoms with Crippen LogP contribution >= 0.6 is 11.8 Å². The lowest BCUT2D eigenvalue weighted by molar-refractivity contribution is 0.552. The molecule has 0 amide bonds. The second-order valence-corrected chi connectivity index (χ2v) is 10.0. The molecule has 0 saturated heterocycles. The SMILES string of the molecule is O=S(=O)(N[C@H]1Cc2ccccc2[C@@H]1Sc1nnnn1-c1ccccc1)c1ccccc1. The van der Waals surface area contributed by atoms with Crippen LogP contribution in [-0.2, 0) is 16.4 Å². The zero-order valence-corrected chi connectivity index (χ0v) is 18.0. The van der Waals surface area contributed by atoms with Gasteiger partial charge in [0.15, 0.2) is 0 Å². The lowest BCUT2D eigenvalue weighted by Crippen LogP contribution is -2.37. The number of para-hydroxylation sites is 1. The van der Waals surface area contributed by atoms with Crippen molar-refractivity contribution >= 4 is 21.8 Å². The molecule has 1 heterocycles. The van der Waals surface area contributed by atoms with Crippen LogP contribution in [0.15, 0.2) is 95.0 Å². The van der Waals surface area contributed by atoms with Gasteiger partial charge in [-0.15, -0.1) is 5.10 Å². The third kappa shape index (κ3) is 3.99. The zero-order valence-electron chi connectivity index (χ0n) is 16.4. The van der Waals surface area contributed by atoms with Gasteiger partial charge in [-0.1, -0.05) is 72.4 Å². The molecule has 0 spiro atoms. The second kappa shape index (κ2) is 8.26. The summed E-state index contributed by atoms with van der Waals surface area (Å²) in [7, 11) is -3.66. The first-order valence-electron chi connectivity index (χ1n) is 9.77. The van der Waals surface area contributed by atoms with Crippen LogP contribution in [0.5, 0.6) is 0 Å². The molecule has 1 aliphatic rings. The fraction of sp³-hybridized carbons (Fsp3) is 0.136. The number of nitrogens with zero attached hydrogens (tertiary/aromatic N) is 4. The smallest absolute Gasteiger partial charge is 0.207 e. The van der Waals surface area contributed by atoms with Crippen LogP contribution < -0.4 is 4.72 Å². The molecule has 0 radical (unpaired) electrons. The number of nitrogens with one attached hydrogen (secondary N) is 1. The molecule has 0 saturated carbocycles. The van der Waals surface area contributed by atoms with E-state index in [9.17, 15) is 8.42 Å². The Balaban J connectivity index is 1.48. The van der Waals surface area contributed by atoms with Crippen LogP contribution in [0.3, 0.4) is 0 Å². The van der Waals surface area contributed by atoms with Crippen LogP contribution in [0.4, 0.5) is 0 Å². The minimum Gasteiger partial charge on any atom is -0.207 e. The van der Waals surface area contributed by atoms with Crippen LogP contribution in [0, 0.1) is 0 Å². The third-order valence-corrected chi connectivity index (χ3v) is 8.01. The fourth-order valence-corrected chi connectivity index (χ4v) is 6.37. The van der Waals surface area contributed by atoms with Crippen LogP contribution in [0.2, 0.25) is 0 Å². The number of fused-ring (bicyclic) bond motifs is 1. The van der Waals surface area contributed by atoms with Gasteiger partial charge in [0, 0.05) is 6.04 Å². The van der Waals surface area contributed by atoms with Crippen molar-refractivity contribution in [1.29, 1.82) is 0 Å². The van der Waals surface area contributed by atoms with Crippen molar-refractivity contribution in [1.82, 2.24) is 24.9 Å². The number of benzene rings is 3. The molecule has 7 nitrogen and oxygen atoms in total. The topological polar surface area (TPSA) is 89.8 Å². The molecule has 31 heavy (non-hydrogen) atoms. The molecule has 1 aromatic heterocycles. The molecule has 2 atom stereocenters. The van der Waals surface area contributed by atoms with Crippen molar-refractivity contribution in [3.8, 4) is 5.69 Å². The van der Waals surface area contributed by atoms with Gasteiger partial charge in [-0.25, -0.2) is 13.1 Å². The van der Waals surface area contributed by atoms with Gasteiger partial charge in [0.2, 0.25) is 15.2 Å². The van der Waals surface area contributed by atoms with E-state index in [-0.39, 0.29) is 16.2 Å². The monoisotopic (exact) mass is 449 g/mol. The van der Waals surface area contributed by atoms with Gasteiger partial charge in [0.1, 0.15) is 0 Å². The largest absolute Gasteiger partial charge is 0.240 e. The van der Waals surface area contributed by atoms with Crippen molar-refractivity contribution < 1.29 is 8.42 Å². The van der Waals surface area contributed by atoms with Crippen LogP contribution in [0.25, 0.3) is 5.69 Å². The van der Waals surface area contributed by atoms with Gasteiger partial charge in [-0.2, -0.15) is 4.68 Å². The summed E-state index contributed by atoms with van der Waals surface area (Å²) in [5.74, 6) is 0. The van der Waals surface area contributed by atoms with E-state index in [0.29, 0.717) is 11.6 Å². The Kier molecular flexibility index (Phi) is 5.31. The van der Waals surface area contributed by atoms with Crippen LogP contribution in [0.1, 0.15) is 16.4 Å². The molecule has 5 rings (SSSR count). The van der Waals surface area contributed by atoms with Crippen molar-refractivity contribution in [3.05, 3.63) is 96.1 Å². The first-order chi connectivity index (χ1) is 15.1. The van der Waals surface area contributed by atoms with Crippen molar-refractivity contribution in [3.63, 3.8) is 0 Å². The number of thioether (sulfide) groups is 1. The highest BCUT2D eigenvalue weighted by Crippen LogP contribution is 2.44. The summed E-state index contributed by atoms with van der Waals surface area (Å²) < 4.78 is 30.6. The fourth-order valence-electron chi connectivity index (χ4n) is 3.77. The van der Waals surface area contributed by atoms with E-state index in [1.807, 2.05) is 54.6 Å². The molecule has 0 unspecified atom stereocenters. The molecular weight excluding hydrogens is 430 g/mol. The normalized spacial score (nSPS) is 18.1. The van der Waals surface area contributed by atoms with Crippen molar-refractivity contribution in [2.75, 3.05) is 0 Å². The number of hydrogen-bond acceptors (Lipinski definition) is 6. The Hall–Kier alpha value is -3.01. The lowest BCUT2D eigenvalue weighted by Gasteiger charge is -2.21. The number of sulfonamides is 1. The molecule has 3 aromatic carbocycles. The average molecular weight is 450 g/mol. The lowest BCUT2D eigenvalue weighted by atomic mass is 10.1. The molecule has 0 bridgehead atoms. The van der Waals surface area contributed by atoms with Crippen molar-refractivity contribution in [2.45, 2.75) is 27.8 Å². The average Bonchev–Trinajstić information content (AvgIpc) is 3.40. The van der Waals surface area contributed by atoms with Gasteiger partial charge in [-0.3, -0.25) is 0 Å². The molecule has 0 aliphatic heterocycles. The molecule has 1 N–H and O–H groups in total. The number of tetrazole rings is 1. The summed E-state index contributed by atoms with van der Waals surface area (Å²) in [5, 5.41) is 12.6. The summed E-state index contributed by atoms with van der Waals surface area (Å²) in [4.78, 5) is 0.254. The Morgan fingerprint density at radius 3 is 2.35 bits per heavy atom. The molecule has 4 aromatic rings.